The first kappa shape index (κ1) is 24.9. The third-order valence-corrected chi connectivity index (χ3v) is 7.38. The molecule has 5 heteroatoms. The number of benzene rings is 4. The molecule has 2 atom stereocenters. The normalized spacial score (nSPS) is 14.2. The lowest BCUT2D eigenvalue weighted by molar-refractivity contribution is 0.00393. The largest absolute Gasteiger partial charge is 0.496 e. The van der Waals surface area contributed by atoms with Gasteiger partial charge >= 0.3 is 0 Å². The van der Waals surface area contributed by atoms with Gasteiger partial charge in [-0.3, -0.25) is 0 Å². The summed E-state index contributed by atoms with van der Waals surface area (Å²) in [7, 11) is 5.77. The number of halogens is 2. The molecule has 0 aliphatic carbocycles. The van der Waals surface area contributed by atoms with Gasteiger partial charge in [0.1, 0.15) is 11.4 Å². The fourth-order valence-corrected chi connectivity index (χ4v) is 5.26. The molecule has 0 aliphatic heterocycles. The fourth-order valence-electron chi connectivity index (χ4n) is 4.61. The minimum Gasteiger partial charge on any atom is -0.496 e. The molecule has 0 saturated carbocycles. The van der Waals surface area contributed by atoms with Crippen LogP contribution in [-0.2, 0) is 5.60 Å². The first-order valence-corrected chi connectivity index (χ1v) is 12.9. The molecular formula is C29H29Br2NO2. The first-order chi connectivity index (χ1) is 16.3. The monoisotopic (exact) mass is 581 g/mol. The van der Waals surface area contributed by atoms with Crippen molar-refractivity contribution in [2.45, 2.75) is 17.9 Å². The van der Waals surface area contributed by atoms with Crippen LogP contribution < -0.4 is 4.74 Å². The molecule has 0 fully saturated rings. The summed E-state index contributed by atoms with van der Waals surface area (Å²) in [5, 5.41) is 14.8. The van der Waals surface area contributed by atoms with E-state index in [-0.39, 0.29) is 5.92 Å². The van der Waals surface area contributed by atoms with Crippen LogP contribution in [0.3, 0.4) is 0 Å². The predicted molar refractivity (Wildman–Crippen MR) is 148 cm³/mol. The van der Waals surface area contributed by atoms with E-state index in [1.54, 1.807) is 7.11 Å². The van der Waals surface area contributed by atoms with Crippen LogP contribution >= 0.6 is 31.9 Å². The summed E-state index contributed by atoms with van der Waals surface area (Å²) in [4.78, 5) is 2.11. The van der Waals surface area contributed by atoms with Gasteiger partial charge in [0.2, 0.25) is 0 Å². The summed E-state index contributed by atoms with van der Waals surface area (Å²) in [5.74, 6) is 0.428. The van der Waals surface area contributed by atoms with Crippen LogP contribution in [0.5, 0.6) is 5.75 Å². The SMILES string of the molecule is COc1cc2ccc(Br)cc2cc1[C@@H](c1ccccc1)[C@@](O)(CCN(C)C)c1ccc(Br)cc1. The molecule has 0 heterocycles. The molecule has 0 spiro atoms. The standard InChI is InChI=1S/C29H29Br2NO2/c1-32(2)16-15-29(33,23-10-13-24(30)14-11-23)28(20-7-5-4-6-8-20)26-18-22-17-25(31)12-9-21(22)19-27(26)34-3/h4-14,17-19,28,33H,15-16H2,1-3H3/t28-,29-/m1/s1. The molecule has 176 valence electrons. The maximum atomic E-state index is 12.6. The molecule has 34 heavy (non-hydrogen) atoms. The van der Waals surface area contributed by atoms with E-state index in [4.69, 9.17) is 4.74 Å². The number of hydrogen-bond acceptors (Lipinski definition) is 3. The van der Waals surface area contributed by atoms with Gasteiger partial charge in [0.05, 0.1) is 7.11 Å². The Labute approximate surface area is 218 Å². The number of aliphatic hydroxyl groups is 1. The summed E-state index contributed by atoms with van der Waals surface area (Å²) >= 11 is 7.15. The lowest BCUT2D eigenvalue weighted by Gasteiger charge is -2.39. The second kappa shape index (κ2) is 10.6. The topological polar surface area (TPSA) is 32.7 Å². The van der Waals surface area contributed by atoms with Crippen molar-refractivity contribution in [3.05, 3.63) is 111 Å². The quantitative estimate of drug-likeness (QED) is 0.236. The highest BCUT2D eigenvalue weighted by molar-refractivity contribution is 9.10. The maximum absolute atomic E-state index is 12.6. The van der Waals surface area contributed by atoms with Crippen molar-refractivity contribution in [3.8, 4) is 5.75 Å². The molecule has 4 aromatic carbocycles. The van der Waals surface area contributed by atoms with Crippen LogP contribution in [0.2, 0.25) is 0 Å². The van der Waals surface area contributed by atoms with E-state index in [9.17, 15) is 5.11 Å². The molecule has 4 rings (SSSR count). The molecule has 0 aromatic heterocycles. The van der Waals surface area contributed by atoms with E-state index in [1.807, 2.05) is 62.6 Å². The molecule has 0 unspecified atom stereocenters. The van der Waals surface area contributed by atoms with E-state index in [2.05, 4.69) is 73.2 Å². The van der Waals surface area contributed by atoms with Gasteiger partial charge in [-0.05, 0) is 78.8 Å². The average Bonchev–Trinajstić information content (AvgIpc) is 2.83. The van der Waals surface area contributed by atoms with Crippen LogP contribution in [-0.4, -0.2) is 37.8 Å². The Kier molecular flexibility index (Phi) is 7.78. The third kappa shape index (κ3) is 5.23. The highest BCUT2D eigenvalue weighted by Gasteiger charge is 2.41. The van der Waals surface area contributed by atoms with Crippen LogP contribution in [0.15, 0.2) is 93.9 Å². The summed E-state index contributed by atoms with van der Waals surface area (Å²) in [6.07, 6.45) is 0.556. The van der Waals surface area contributed by atoms with E-state index < -0.39 is 5.60 Å². The van der Waals surface area contributed by atoms with Gasteiger partial charge in [-0.2, -0.15) is 0 Å². The van der Waals surface area contributed by atoms with Gasteiger partial charge in [-0.15, -0.1) is 0 Å². The number of nitrogens with zero attached hydrogens (tertiary/aromatic N) is 1. The minimum atomic E-state index is -1.17. The summed E-state index contributed by atoms with van der Waals surface area (Å²) in [6.45, 7) is 0.733. The molecule has 1 N–H and O–H groups in total. The van der Waals surface area contributed by atoms with Gasteiger partial charge in [0.25, 0.3) is 0 Å². The van der Waals surface area contributed by atoms with E-state index >= 15 is 0 Å². The van der Waals surface area contributed by atoms with Crippen molar-refractivity contribution < 1.29 is 9.84 Å². The average molecular weight is 583 g/mol. The zero-order valence-corrected chi connectivity index (χ0v) is 22.8. The highest BCUT2D eigenvalue weighted by Crippen LogP contribution is 2.48. The Morgan fingerprint density at radius 1 is 0.853 bits per heavy atom. The second-order valence-electron chi connectivity index (χ2n) is 8.91. The van der Waals surface area contributed by atoms with Gasteiger partial charge in [0, 0.05) is 27.0 Å². The smallest absolute Gasteiger partial charge is 0.123 e. The molecule has 0 amide bonds. The number of fused-ring (bicyclic) bond motifs is 1. The van der Waals surface area contributed by atoms with Crippen molar-refractivity contribution in [3.63, 3.8) is 0 Å². The van der Waals surface area contributed by atoms with Crippen LogP contribution in [0.25, 0.3) is 10.8 Å². The van der Waals surface area contributed by atoms with Crippen LogP contribution in [0.4, 0.5) is 0 Å². The zero-order valence-electron chi connectivity index (χ0n) is 19.6. The van der Waals surface area contributed by atoms with Crippen LogP contribution in [0, 0.1) is 0 Å². The summed E-state index contributed by atoms with van der Waals surface area (Å²) in [6, 6.07) is 28.7. The van der Waals surface area contributed by atoms with E-state index in [0.717, 1.165) is 48.7 Å². The molecule has 0 saturated heterocycles. The van der Waals surface area contributed by atoms with Crippen molar-refractivity contribution in [2.75, 3.05) is 27.7 Å². The van der Waals surface area contributed by atoms with Crippen molar-refractivity contribution in [2.24, 2.45) is 0 Å². The van der Waals surface area contributed by atoms with Crippen molar-refractivity contribution in [1.82, 2.24) is 4.90 Å². The maximum Gasteiger partial charge on any atom is 0.123 e. The number of ether oxygens (including phenoxy) is 1. The Hall–Kier alpha value is -2.18. The lowest BCUT2D eigenvalue weighted by Crippen LogP contribution is -2.37. The fraction of sp³-hybridized carbons (Fsp3) is 0.241. The zero-order chi connectivity index (χ0) is 24.3. The molecular weight excluding hydrogens is 554 g/mol. The van der Waals surface area contributed by atoms with E-state index in [0.29, 0.717) is 6.42 Å². The Bertz CT molecular complexity index is 1260. The Morgan fingerprint density at radius 2 is 1.53 bits per heavy atom. The number of rotatable bonds is 8. The van der Waals surface area contributed by atoms with Gasteiger partial charge in [-0.25, -0.2) is 0 Å². The summed E-state index contributed by atoms with van der Waals surface area (Å²) in [5.41, 5.74) is 1.71. The first-order valence-electron chi connectivity index (χ1n) is 11.3. The van der Waals surface area contributed by atoms with Gasteiger partial charge < -0.3 is 14.7 Å². The van der Waals surface area contributed by atoms with Crippen LogP contribution in [0.1, 0.15) is 29.0 Å². The third-order valence-electron chi connectivity index (χ3n) is 6.36. The van der Waals surface area contributed by atoms with E-state index in [1.165, 1.54) is 0 Å². The molecule has 0 bridgehead atoms. The lowest BCUT2D eigenvalue weighted by atomic mass is 9.71. The van der Waals surface area contributed by atoms with Gasteiger partial charge in [-0.1, -0.05) is 80.4 Å². The minimum absolute atomic E-state index is 0.340. The Morgan fingerprint density at radius 3 is 2.18 bits per heavy atom. The molecule has 0 radical (unpaired) electrons. The number of methoxy groups -OCH3 is 1. The predicted octanol–water partition coefficient (Wildman–Crippen LogP) is 7.34. The van der Waals surface area contributed by atoms with Gasteiger partial charge in [0.15, 0.2) is 0 Å². The van der Waals surface area contributed by atoms with Crippen molar-refractivity contribution >= 4 is 42.6 Å². The second-order valence-corrected chi connectivity index (χ2v) is 10.7. The molecule has 0 aliphatic rings. The molecule has 3 nitrogen and oxygen atoms in total. The Balaban J connectivity index is 2.01. The summed E-state index contributed by atoms with van der Waals surface area (Å²) < 4.78 is 7.92. The highest BCUT2D eigenvalue weighted by atomic mass is 79.9. The number of hydrogen-bond donors (Lipinski definition) is 1. The van der Waals surface area contributed by atoms with Crippen molar-refractivity contribution in [1.29, 1.82) is 0 Å². The molecule has 4 aromatic rings.